The number of esters is 1. The van der Waals surface area contributed by atoms with E-state index in [1.165, 1.54) is 6.92 Å². The van der Waals surface area contributed by atoms with E-state index in [0.717, 1.165) is 10.8 Å². The third-order valence-corrected chi connectivity index (χ3v) is 2.70. The van der Waals surface area contributed by atoms with Gasteiger partial charge in [0.2, 0.25) is 0 Å². The van der Waals surface area contributed by atoms with E-state index in [4.69, 9.17) is 14.9 Å². The molecule has 0 saturated heterocycles. The van der Waals surface area contributed by atoms with Gasteiger partial charge in [0.1, 0.15) is 6.61 Å². The van der Waals surface area contributed by atoms with Gasteiger partial charge in [-0.25, -0.2) is 9.59 Å². The molecule has 2 N–H and O–H groups in total. The molecule has 5 nitrogen and oxygen atoms in total. The average molecular weight is 302 g/mol. The highest BCUT2D eigenvalue weighted by molar-refractivity contribution is 6.04. The van der Waals surface area contributed by atoms with Crippen LogP contribution >= 0.6 is 0 Å². The predicted molar refractivity (Wildman–Crippen MR) is 83.8 cm³/mol. The second-order valence-corrected chi connectivity index (χ2v) is 4.47. The Labute approximate surface area is 128 Å². The van der Waals surface area contributed by atoms with Gasteiger partial charge in [-0.1, -0.05) is 43.0 Å². The first-order chi connectivity index (χ1) is 10.5. The summed E-state index contributed by atoms with van der Waals surface area (Å²) >= 11 is 0. The minimum atomic E-state index is -0.935. The molecule has 0 saturated carbocycles. The second-order valence-electron chi connectivity index (χ2n) is 4.47. The molecule has 0 aliphatic carbocycles. The van der Waals surface area contributed by atoms with Crippen molar-refractivity contribution in [2.45, 2.75) is 6.92 Å². The van der Waals surface area contributed by atoms with Crippen LogP contribution in [0.3, 0.4) is 0 Å². The van der Waals surface area contributed by atoms with E-state index in [1.54, 1.807) is 6.07 Å². The monoisotopic (exact) mass is 302 g/mol. The molecule has 0 unspecified atom stereocenters. The molecule has 2 rings (SSSR count). The van der Waals surface area contributed by atoms with Crippen molar-refractivity contribution in [3.63, 3.8) is 0 Å². The van der Waals surface area contributed by atoms with Crippen molar-refractivity contribution in [3.8, 4) is 0 Å². The number of aliphatic carboxylic acids is 1. The smallest absolute Gasteiger partial charge is 0.338 e. The first kappa shape index (κ1) is 17.4. The zero-order valence-corrected chi connectivity index (χ0v) is 12.3. The molecule has 0 aliphatic rings. The third-order valence-electron chi connectivity index (χ3n) is 2.70. The third kappa shape index (κ3) is 5.03. The minimum Gasteiger partial charge on any atom is -0.478 e. The lowest BCUT2D eigenvalue weighted by Gasteiger charge is -2.06. The maximum absolute atomic E-state index is 11.7. The van der Waals surface area contributed by atoms with Crippen LogP contribution in [0.4, 0.5) is 0 Å². The molecule has 2 aromatic carbocycles. The fourth-order valence-electron chi connectivity index (χ4n) is 1.62. The van der Waals surface area contributed by atoms with Crippen LogP contribution in [0.1, 0.15) is 17.3 Å². The lowest BCUT2D eigenvalue weighted by atomic mass is 10.1. The van der Waals surface area contributed by atoms with E-state index in [9.17, 15) is 9.59 Å². The molecule has 0 atom stereocenters. The van der Waals surface area contributed by atoms with E-state index < -0.39 is 11.9 Å². The zero-order chi connectivity index (χ0) is 16.5. The van der Waals surface area contributed by atoms with Gasteiger partial charge in [-0.05, 0) is 23.8 Å². The van der Waals surface area contributed by atoms with Crippen molar-refractivity contribution >= 4 is 22.7 Å². The van der Waals surface area contributed by atoms with Gasteiger partial charge < -0.3 is 14.9 Å². The molecule has 2 aromatic rings. The lowest BCUT2D eigenvalue weighted by molar-refractivity contribution is -0.132. The molecule has 0 bridgehead atoms. The summed E-state index contributed by atoms with van der Waals surface area (Å²) in [5.41, 5.74) is 0.710. The quantitative estimate of drug-likeness (QED) is 0.670. The first-order valence-corrected chi connectivity index (χ1v) is 6.62. The van der Waals surface area contributed by atoms with Crippen LogP contribution in [0.15, 0.2) is 54.6 Å². The molecule has 5 heteroatoms. The van der Waals surface area contributed by atoms with Gasteiger partial charge in [-0.3, -0.25) is 0 Å². The molecule has 0 spiro atoms. The van der Waals surface area contributed by atoms with Gasteiger partial charge >= 0.3 is 11.9 Å². The highest BCUT2D eigenvalue weighted by Crippen LogP contribution is 2.19. The molecule has 0 radical (unpaired) electrons. The minimum absolute atomic E-state index is 0.0298. The standard InChI is InChI=1S/C13H12O3.C4H6O2/c14-8-9-16-13(15)12-7-3-5-10-4-1-2-6-11(10)12;1-3(2)4(5)6/h1-7,14H,8-9H2;1H2,2H3,(H,5,6). The normalized spacial score (nSPS) is 9.55. The van der Waals surface area contributed by atoms with Crippen LogP contribution in [0.2, 0.25) is 0 Å². The highest BCUT2D eigenvalue weighted by Gasteiger charge is 2.10. The van der Waals surface area contributed by atoms with Gasteiger partial charge in [0, 0.05) is 5.57 Å². The summed E-state index contributed by atoms with van der Waals surface area (Å²) in [6.07, 6.45) is 0. The molecule has 0 amide bonds. The Morgan fingerprint density at radius 2 is 1.73 bits per heavy atom. The van der Waals surface area contributed by atoms with Crippen molar-refractivity contribution in [1.82, 2.24) is 0 Å². The number of carbonyl (C=O) groups excluding carboxylic acids is 1. The number of aliphatic hydroxyl groups excluding tert-OH is 1. The molecule has 0 aromatic heterocycles. The number of aliphatic hydroxyl groups is 1. The van der Waals surface area contributed by atoms with Crippen LogP contribution in [0.5, 0.6) is 0 Å². The van der Waals surface area contributed by atoms with Crippen LogP contribution in [-0.2, 0) is 9.53 Å². The molecular formula is C17H18O5. The van der Waals surface area contributed by atoms with Gasteiger partial charge in [-0.2, -0.15) is 0 Å². The summed E-state index contributed by atoms with van der Waals surface area (Å²) in [5, 5.41) is 18.4. The van der Waals surface area contributed by atoms with Crippen LogP contribution in [-0.4, -0.2) is 35.4 Å². The fraction of sp³-hybridized carbons (Fsp3) is 0.176. The first-order valence-electron chi connectivity index (χ1n) is 6.62. The van der Waals surface area contributed by atoms with E-state index >= 15 is 0 Å². The second kappa shape index (κ2) is 8.59. The van der Waals surface area contributed by atoms with Crippen LogP contribution in [0, 0.1) is 0 Å². The Balaban J connectivity index is 0.000000346. The van der Waals surface area contributed by atoms with Gasteiger partial charge in [0.05, 0.1) is 12.2 Å². The molecule has 0 aliphatic heterocycles. The maximum atomic E-state index is 11.7. The Morgan fingerprint density at radius 1 is 1.14 bits per heavy atom. The van der Waals surface area contributed by atoms with Crippen molar-refractivity contribution in [1.29, 1.82) is 0 Å². The summed E-state index contributed by atoms with van der Waals surface area (Å²) in [4.78, 5) is 21.3. The fourth-order valence-corrected chi connectivity index (χ4v) is 1.62. The largest absolute Gasteiger partial charge is 0.478 e. The average Bonchev–Trinajstić information content (AvgIpc) is 2.52. The van der Waals surface area contributed by atoms with Gasteiger partial charge in [0.15, 0.2) is 0 Å². The molecular weight excluding hydrogens is 284 g/mol. The van der Waals surface area contributed by atoms with Gasteiger partial charge in [0.25, 0.3) is 0 Å². The van der Waals surface area contributed by atoms with E-state index in [0.29, 0.717) is 5.56 Å². The number of carbonyl (C=O) groups is 2. The maximum Gasteiger partial charge on any atom is 0.338 e. The summed E-state index contributed by atoms with van der Waals surface area (Å²) in [6.45, 7) is 4.48. The van der Waals surface area contributed by atoms with Crippen LogP contribution in [0.25, 0.3) is 10.8 Å². The Hall–Kier alpha value is -2.66. The number of carboxylic acids is 1. The number of ether oxygens (including phenoxy) is 1. The molecule has 0 heterocycles. The number of hydrogen-bond acceptors (Lipinski definition) is 4. The van der Waals surface area contributed by atoms with Crippen molar-refractivity contribution in [3.05, 3.63) is 60.2 Å². The Bertz CT molecular complexity index is 658. The number of carboxylic acid groups (broad SMARTS) is 1. The van der Waals surface area contributed by atoms with Gasteiger partial charge in [-0.15, -0.1) is 0 Å². The zero-order valence-electron chi connectivity index (χ0n) is 12.3. The summed E-state index contributed by atoms with van der Waals surface area (Å²) in [7, 11) is 0. The van der Waals surface area contributed by atoms with Crippen molar-refractivity contribution < 1.29 is 24.5 Å². The summed E-state index contributed by atoms with van der Waals surface area (Å²) < 4.78 is 4.90. The Kier molecular flexibility index (Phi) is 6.79. The van der Waals surface area contributed by atoms with Crippen molar-refractivity contribution in [2.24, 2.45) is 0 Å². The summed E-state index contributed by atoms with van der Waals surface area (Å²) in [6, 6.07) is 13.1. The Morgan fingerprint density at radius 3 is 2.32 bits per heavy atom. The number of hydrogen-bond donors (Lipinski definition) is 2. The number of fused-ring (bicyclic) bond motifs is 1. The lowest BCUT2D eigenvalue weighted by Crippen LogP contribution is -2.09. The van der Waals surface area contributed by atoms with E-state index in [2.05, 4.69) is 6.58 Å². The predicted octanol–water partition coefficient (Wildman–Crippen LogP) is 2.64. The number of rotatable bonds is 4. The SMILES string of the molecule is C=C(C)C(=O)O.O=C(OCCO)c1cccc2ccccc12. The summed E-state index contributed by atoms with van der Waals surface area (Å²) in [5.74, 6) is -1.33. The van der Waals surface area contributed by atoms with E-state index in [-0.39, 0.29) is 18.8 Å². The van der Waals surface area contributed by atoms with E-state index in [1.807, 2.05) is 36.4 Å². The molecule has 0 fully saturated rings. The number of benzene rings is 2. The van der Waals surface area contributed by atoms with Crippen molar-refractivity contribution in [2.75, 3.05) is 13.2 Å². The highest BCUT2D eigenvalue weighted by atomic mass is 16.5. The van der Waals surface area contributed by atoms with Crippen LogP contribution < -0.4 is 0 Å². The molecule has 22 heavy (non-hydrogen) atoms. The topological polar surface area (TPSA) is 83.8 Å². The molecule has 116 valence electrons.